The Balaban J connectivity index is 2.29. The van der Waals surface area contributed by atoms with E-state index >= 15 is 0 Å². The van der Waals surface area contributed by atoms with Crippen LogP contribution in [0.2, 0.25) is 0 Å². The second-order valence-electron chi connectivity index (χ2n) is 5.98. The first-order valence-electron chi connectivity index (χ1n) is 7.54. The Hall–Kier alpha value is -2.23. The van der Waals surface area contributed by atoms with E-state index in [0.717, 1.165) is 11.5 Å². The van der Waals surface area contributed by atoms with E-state index in [1.165, 1.54) is 0 Å². The molecular weight excluding hydrogens is 276 g/mol. The van der Waals surface area contributed by atoms with Crippen LogP contribution < -0.4 is 4.74 Å². The average Bonchev–Trinajstić information content (AvgIpc) is 2.47. The zero-order chi connectivity index (χ0) is 16.3. The second kappa shape index (κ2) is 6.69. The molecule has 0 radical (unpaired) electrons. The topological polar surface area (TPSA) is 52.1 Å². The molecule has 0 aliphatic rings. The molecule has 0 spiro atoms. The SMILES string of the molecule is CC(=O)c1ccc(Oc2cc(C(C)C)nc(C(C)C)n2)cc1. The molecule has 22 heavy (non-hydrogen) atoms. The summed E-state index contributed by atoms with van der Waals surface area (Å²) in [7, 11) is 0. The third-order valence-electron chi connectivity index (χ3n) is 3.33. The van der Waals surface area contributed by atoms with Crippen LogP contribution in [-0.2, 0) is 0 Å². The van der Waals surface area contributed by atoms with Gasteiger partial charge in [0.25, 0.3) is 0 Å². The van der Waals surface area contributed by atoms with Crippen molar-refractivity contribution in [1.29, 1.82) is 0 Å². The number of benzene rings is 1. The first-order chi connectivity index (χ1) is 10.4. The summed E-state index contributed by atoms with van der Waals surface area (Å²) in [5, 5.41) is 0. The Labute approximate surface area is 131 Å². The Bertz CT molecular complexity index is 635. The van der Waals surface area contributed by atoms with Crippen LogP contribution in [0.4, 0.5) is 0 Å². The van der Waals surface area contributed by atoms with Gasteiger partial charge in [-0.1, -0.05) is 27.7 Å². The molecule has 2 aromatic rings. The lowest BCUT2D eigenvalue weighted by Gasteiger charge is -2.12. The van der Waals surface area contributed by atoms with E-state index < -0.39 is 0 Å². The van der Waals surface area contributed by atoms with Crippen molar-refractivity contribution in [3.05, 3.63) is 47.4 Å². The molecule has 1 heterocycles. The van der Waals surface area contributed by atoms with Gasteiger partial charge in [0.2, 0.25) is 5.88 Å². The predicted octanol–water partition coefficient (Wildman–Crippen LogP) is 4.72. The molecule has 0 amide bonds. The summed E-state index contributed by atoms with van der Waals surface area (Å²) in [5.74, 6) is 2.56. The smallest absolute Gasteiger partial charge is 0.222 e. The molecule has 0 aliphatic heterocycles. The van der Waals surface area contributed by atoms with Crippen molar-refractivity contribution in [2.45, 2.75) is 46.5 Å². The van der Waals surface area contributed by atoms with Crippen LogP contribution in [0.25, 0.3) is 0 Å². The lowest BCUT2D eigenvalue weighted by Crippen LogP contribution is -2.04. The molecule has 0 atom stereocenters. The average molecular weight is 298 g/mol. The van der Waals surface area contributed by atoms with Crippen molar-refractivity contribution in [2.24, 2.45) is 0 Å². The molecule has 0 saturated carbocycles. The number of carbonyl (C=O) groups excluding carboxylic acids is 1. The molecule has 0 bridgehead atoms. The molecule has 0 unspecified atom stereocenters. The van der Waals surface area contributed by atoms with E-state index in [0.29, 0.717) is 23.1 Å². The summed E-state index contributed by atoms with van der Waals surface area (Å²) >= 11 is 0. The van der Waals surface area contributed by atoms with Crippen LogP contribution in [0, 0.1) is 0 Å². The molecule has 0 fully saturated rings. The molecule has 4 heteroatoms. The number of ketones is 1. The molecule has 0 aliphatic carbocycles. The first kappa shape index (κ1) is 16.1. The minimum absolute atomic E-state index is 0.0396. The van der Waals surface area contributed by atoms with Crippen LogP contribution in [0.5, 0.6) is 11.6 Å². The standard InChI is InChI=1S/C18H22N2O2/c1-11(2)16-10-17(20-18(19-16)12(3)4)22-15-8-6-14(7-9-15)13(5)21/h6-12H,1-5H3. The van der Waals surface area contributed by atoms with Gasteiger partial charge in [-0.15, -0.1) is 0 Å². The Morgan fingerprint density at radius 1 is 1.00 bits per heavy atom. The van der Waals surface area contributed by atoms with E-state index in [4.69, 9.17) is 4.74 Å². The Kier molecular flexibility index (Phi) is 4.91. The third kappa shape index (κ3) is 3.91. The van der Waals surface area contributed by atoms with Gasteiger partial charge < -0.3 is 4.74 Å². The maximum atomic E-state index is 11.3. The van der Waals surface area contributed by atoms with Crippen LogP contribution in [0.15, 0.2) is 30.3 Å². The highest BCUT2D eigenvalue weighted by molar-refractivity contribution is 5.94. The van der Waals surface area contributed by atoms with Gasteiger partial charge in [0.1, 0.15) is 11.6 Å². The molecular formula is C18H22N2O2. The van der Waals surface area contributed by atoms with E-state index in [1.54, 1.807) is 31.2 Å². The number of ether oxygens (including phenoxy) is 1. The van der Waals surface area contributed by atoms with Crippen molar-refractivity contribution >= 4 is 5.78 Å². The van der Waals surface area contributed by atoms with Crippen molar-refractivity contribution in [2.75, 3.05) is 0 Å². The van der Waals surface area contributed by atoms with Crippen LogP contribution in [0.3, 0.4) is 0 Å². The highest BCUT2D eigenvalue weighted by Crippen LogP contribution is 2.25. The summed E-state index contributed by atoms with van der Waals surface area (Å²) in [5.41, 5.74) is 1.63. The monoisotopic (exact) mass is 298 g/mol. The summed E-state index contributed by atoms with van der Waals surface area (Å²) < 4.78 is 5.83. The fourth-order valence-corrected chi connectivity index (χ4v) is 1.95. The van der Waals surface area contributed by atoms with Crippen molar-refractivity contribution in [1.82, 2.24) is 9.97 Å². The van der Waals surface area contributed by atoms with Gasteiger partial charge in [-0.2, -0.15) is 4.98 Å². The summed E-state index contributed by atoms with van der Waals surface area (Å²) in [6.45, 7) is 9.86. The number of nitrogens with zero attached hydrogens (tertiary/aromatic N) is 2. The van der Waals surface area contributed by atoms with Crippen molar-refractivity contribution in [3.8, 4) is 11.6 Å². The molecule has 4 nitrogen and oxygen atoms in total. The number of hydrogen-bond donors (Lipinski definition) is 0. The maximum absolute atomic E-state index is 11.3. The molecule has 2 rings (SSSR count). The highest BCUT2D eigenvalue weighted by atomic mass is 16.5. The zero-order valence-corrected chi connectivity index (χ0v) is 13.8. The number of hydrogen-bond acceptors (Lipinski definition) is 4. The van der Waals surface area contributed by atoms with Gasteiger partial charge in [-0.25, -0.2) is 4.98 Å². The van der Waals surface area contributed by atoms with Gasteiger partial charge >= 0.3 is 0 Å². The first-order valence-corrected chi connectivity index (χ1v) is 7.54. The van der Waals surface area contributed by atoms with Crippen molar-refractivity contribution in [3.63, 3.8) is 0 Å². The quantitative estimate of drug-likeness (QED) is 0.749. The number of aromatic nitrogens is 2. The van der Waals surface area contributed by atoms with Gasteiger partial charge in [-0.3, -0.25) is 4.79 Å². The second-order valence-corrected chi connectivity index (χ2v) is 5.98. The van der Waals surface area contributed by atoms with Gasteiger partial charge in [0.05, 0.1) is 5.69 Å². The van der Waals surface area contributed by atoms with Crippen LogP contribution in [0.1, 0.15) is 68.3 Å². The zero-order valence-electron chi connectivity index (χ0n) is 13.8. The summed E-state index contributed by atoms with van der Waals surface area (Å²) in [4.78, 5) is 20.3. The van der Waals surface area contributed by atoms with E-state index in [1.807, 2.05) is 6.07 Å². The molecule has 116 valence electrons. The third-order valence-corrected chi connectivity index (χ3v) is 3.33. The Morgan fingerprint density at radius 2 is 1.64 bits per heavy atom. The van der Waals surface area contributed by atoms with E-state index in [2.05, 4.69) is 37.7 Å². The lowest BCUT2D eigenvalue weighted by atomic mass is 10.1. The molecule has 0 N–H and O–H groups in total. The van der Waals surface area contributed by atoms with Crippen LogP contribution >= 0.6 is 0 Å². The minimum Gasteiger partial charge on any atom is -0.439 e. The lowest BCUT2D eigenvalue weighted by molar-refractivity contribution is 0.101. The summed E-state index contributed by atoms with van der Waals surface area (Å²) in [6, 6.07) is 8.94. The normalized spacial score (nSPS) is 11.0. The molecule has 1 aromatic carbocycles. The number of carbonyl (C=O) groups is 1. The fourth-order valence-electron chi connectivity index (χ4n) is 1.95. The minimum atomic E-state index is 0.0396. The highest BCUT2D eigenvalue weighted by Gasteiger charge is 2.12. The van der Waals surface area contributed by atoms with E-state index in [9.17, 15) is 4.79 Å². The van der Waals surface area contributed by atoms with Gasteiger partial charge in [0, 0.05) is 17.5 Å². The van der Waals surface area contributed by atoms with Crippen LogP contribution in [-0.4, -0.2) is 15.8 Å². The largest absolute Gasteiger partial charge is 0.439 e. The van der Waals surface area contributed by atoms with Crippen molar-refractivity contribution < 1.29 is 9.53 Å². The molecule has 0 saturated heterocycles. The molecule has 1 aromatic heterocycles. The Morgan fingerprint density at radius 3 is 2.14 bits per heavy atom. The fraction of sp³-hybridized carbons (Fsp3) is 0.389. The summed E-state index contributed by atoms with van der Waals surface area (Å²) in [6.07, 6.45) is 0. The van der Waals surface area contributed by atoms with Gasteiger partial charge in [0.15, 0.2) is 5.78 Å². The number of rotatable bonds is 5. The number of Topliss-reactive ketones (excluding diaryl/α,β-unsaturated/α-hetero) is 1. The maximum Gasteiger partial charge on any atom is 0.222 e. The van der Waals surface area contributed by atoms with E-state index in [-0.39, 0.29) is 11.7 Å². The van der Waals surface area contributed by atoms with Gasteiger partial charge in [-0.05, 0) is 37.1 Å². The predicted molar refractivity (Wildman–Crippen MR) is 86.7 cm³/mol.